The Labute approximate surface area is 515 Å². The van der Waals surface area contributed by atoms with Crippen molar-refractivity contribution in [1.29, 1.82) is 0 Å². The van der Waals surface area contributed by atoms with Crippen LogP contribution in [-0.4, -0.2) is 40.9 Å². The van der Waals surface area contributed by atoms with Gasteiger partial charge in [-0.25, -0.2) is 4.79 Å². The smallest absolute Gasteiger partial charge is 0.337 e. The van der Waals surface area contributed by atoms with E-state index in [0.717, 1.165) is 11.1 Å². The lowest BCUT2D eigenvalue weighted by Crippen LogP contribution is -2.54. The molecule has 6 nitrogen and oxygen atoms in total. The second-order valence-corrected chi connectivity index (χ2v) is 31.9. The molecule has 0 N–H and O–H groups in total. The molecule has 0 spiro atoms. The summed E-state index contributed by atoms with van der Waals surface area (Å²) in [6.45, 7) is 55.7. The van der Waals surface area contributed by atoms with Crippen molar-refractivity contribution in [3.8, 4) is 0 Å². The van der Waals surface area contributed by atoms with Crippen molar-refractivity contribution in [1.82, 2.24) is 9.78 Å². The fourth-order valence-corrected chi connectivity index (χ4v) is 14.2. The van der Waals surface area contributed by atoms with E-state index in [9.17, 15) is 4.79 Å². The van der Waals surface area contributed by atoms with E-state index < -0.39 is 5.79 Å². The van der Waals surface area contributed by atoms with E-state index in [1.54, 1.807) is 51.7 Å². The second kappa shape index (κ2) is 23.2. The summed E-state index contributed by atoms with van der Waals surface area (Å²) in [7, 11) is 1.39. The molecule has 1 unspecified atom stereocenters. The number of hydrogen-bond donors (Lipinski definition) is 0. The van der Waals surface area contributed by atoms with Crippen molar-refractivity contribution >= 4 is 18.1 Å². The van der Waals surface area contributed by atoms with E-state index in [1.807, 2.05) is 42.9 Å². The first-order valence-electron chi connectivity index (χ1n) is 31.9. The zero-order chi connectivity index (χ0) is 63.0. The van der Waals surface area contributed by atoms with Gasteiger partial charge in [-0.3, -0.25) is 4.68 Å². The number of carbonyl (C=O) groups is 1. The third-order valence-corrected chi connectivity index (χ3v) is 21.3. The van der Waals surface area contributed by atoms with Crippen LogP contribution in [0.1, 0.15) is 268 Å². The molecule has 85 heavy (non-hydrogen) atoms. The van der Waals surface area contributed by atoms with Crippen LogP contribution in [0.25, 0.3) is 12.2 Å². The minimum absolute atomic E-state index is 0.0442. The molecular formula is C79H108N2O4. The van der Waals surface area contributed by atoms with Crippen LogP contribution in [0.4, 0.5) is 0 Å². The van der Waals surface area contributed by atoms with Gasteiger partial charge in [0.1, 0.15) is 0 Å². The van der Waals surface area contributed by atoms with Crippen molar-refractivity contribution in [2.24, 2.45) is 0 Å². The van der Waals surface area contributed by atoms with Gasteiger partial charge in [0.25, 0.3) is 0 Å². The van der Waals surface area contributed by atoms with Crippen molar-refractivity contribution in [3.63, 3.8) is 0 Å². The van der Waals surface area contributed by atoms with Gasteiger partial charge >= 0.3 is 5.97 Å². The Bertz CT molecular complexity index is 3140. The lowest BCUT2D eigenvalue weighted by atomic mass is 9.59. The molecule has 2 heterocycles. The Kier molecular flexibility index (Phi) is 17.8. The van der Waals surface area contributed by atoms with Crippen LogP contribution in [-0.2, 0) is 64.1 Å². The summed E-state index contributed by atoms with van der Waals surface area (Å²) >= 11 is 0. The minimum Gasteiger partial charge on any atom is -0.465 e. The molecule has 2 atom stereocenters. The Morgan fingerprint density at radius 1 is 0.482 bits per heavy atom. The van der Waals surface area contributed by atoms with E-state index in [0.29, 0.717) is 44.6 Å². The summed E-state index contributed by atoms with van der Waals surface area (Å²) in [6.07, 6.45) is 15.7. The van der Waals surface area contributed by atoms with Gasteiger partial charge < -0.3 is 14.2 Å². The third kappa shape index (κ3) is 13.3. The van der Waals surface area contributed by atoms with Crippen molar-refractivity contribution in [2.75, 3.05) is 7.11 Å². The van der Waals surface area contributed by atoms with Crippen molar-refractivity contribution < 1.29 is 19.0 Å². The largest absolute Gasteiger partial charge is 0.465 e. The fraction of sp³-hybridized carbons (Fsp3) is 0.544. The molecule has 5 aromatic carbocycles. The van der Waals surface area contributed by atoms with Gasteiger partial charge in [-0.15, -0.1) is 0 Å². The van der Waals surface area contributed by atoms with E-state index in [-0.39, 0.29) is 29.0 Å². The number of aromatic nitrogens is 2. The molecule has 1 aliphatic heterocycles. The molecular weight excluding hydrogens is 1040 g/mol. The highest BCUT2D eigenvalue weighted by atomic mass is 16.8. The summed E-state index contributed by atoms with van der Waals surface area (Å²) in [5.41, 5.74) is 26.1. The maximum atomic E-state index is 11.8. The highest BCUT2D eigenvalue weighted by Gasteiger charge is 2.59. The number of hydrogen-bond acceptors (Lipinski definition) is 5. The Balaban J connectivity index is 0.000000163. The van der Waals surface area contributed by atoms with Crippen molar-refractivity contribution in [3.05, 3.63) is 191 Å². The van der Waals surface area contributed by atoms with Gasteiger partial charge in [0.2, 0.25) is 0 Å². The summed E-state index contributed by atoms with van der Waals surface area (Å²) in [4.78, 5) is 11.8. The highest BCUT2D eigenvalue weighted by molar-refractivity contribution is 5.89. The number of esters is 1. The molecule has 1 saturated heterocycles. The molecule has 0 radical (unpaired) electrons. The highest BCUT2D eigenvalue weighted by Crippen LogP contribution is 2.55. The Morgan fingerprint density at radius 2 is 0.812 bits per heavy atom. The number of nitrogens with zero attached hydrogens (tertiary/aromatic N) is 2. The lowest BCUT2D eigenvalue weighted by molar-refractivity contribution is -0.153. The number of rotatable bonds is 5. The third-order valence-electron chi connectivity index (χ3n) is 21.3. The van der Waals surface area contributed by atoms with Gasteiger partial charge in [-0.1, -0.05) is 184 Å². The first kappa shape index (κ1) is 65.4. The summed E-state index contributed by atoms with van der Waals surface area (Å²) in [5, 5.41) is 4.46. The molecule has 11 rings (SSSR count). The number of carbonyl (C=O) groups excluding carboxylic acids is 1. The van der Waals surface area contributed by atoms with E-state index in [2.05, 4.69) is 218 Å². The van der Waals surface area contributed by atoms with Crippen LogP contribution < -0.4 is 0 Å². The Morgan fingerprint density at radius 3 is 1.12 bits per heavy atom. The molecule has 1 aromatic heterocycles. The second-order valence-electron chi connectivity index (χ2n) is 31.9. The summed E-state index contributed by atoms with van der Waals surface area (Å²) in [5.74, 6) is -0.959. The topological polar surface area (TPSA) is 62.6 Å². The first-order chi connectivity index (χ1) is 39.1. The van der Waals surface area contributed by atoms with Crippen LogP contribution in [0, 0.1) is 41.5 Å². The summed E-state index contributed by atoms with van der Waals surface area (Å²) < 4.78 is 19.8. The van der Waals surface area contributed by atoms with E-state index in [4.69, 9.17) is 14.2 Å². The average molecular weight is 1150 g/mol. The zero-order valence-corrected chi connectivity index (χ0v) is 57.4. The molecule has 4 aliphatic carbocycles. The van der Waals surface area contributed by atoms with Crippen LogP contribution >= 0.6 is 0 Å². The number of methoxy groups -OCH3 is 1. The monoisotopic (exact) mass is 1150 g/mol. The van der Waals surface area contributed by atoms with Crippen LogP contribution in [0.2, 0.25) is 0 Å². The standard InChI is InChI=1S/C31H36N2O4.3C16H24/c1-29(2)24-17-22(14-11-20-9-12-21(13-10-20)28(34)35-7)23(19-33-16-8-15-32-33)18-25(24)30(3,4)27-26(29)36-31(5,6)37-27;3*1-11-9-13-14(10-12(11)2)16(5,6)8-7-15(13,3)4/h8-18,26-27H,19H2,1-7H3;3*9-10H,7-8H2,1-6H3/b14-11+;;;/t26-,27?;;;/m1.../s1. The number of aryl methyl sites for hydroxylation is 6. The van der Waals surface area contributed by atoms with Crippen LogP contribution in [0.15, 0.2) is 91.3 Å². The predicted octanol–water partition coefficient (Wildman–Crippen LogP) is 19.9. The number of benzene rings is 5. The molecule has 0 bridgehead atoms. The first-order valence-corrected chi connectivity index (χ1v) is 31.9. The zero-order valence-electron chi connectivity index (χ0n) is 57.4. The molecule has 458 valence electrons. The van der Waals surface area contributed by atoms with Gasteiger partial charge in [0, 0.05) is 23.2 Å². The van der Waals surface area contributed by atoms with Gasteiger partial charge in [0.15, 0.2) is 5.79 Å². The molecule has 1 fully saturated rings. The van der Waals surface area contributed by atoms with Gasteiger partial charge in [-0.05, 0) is 239 Å². The van der Waals surface area contributed by atoms with Crippen LogP contribution in [0.3, 0.4) is 0 Å². The quantitative estimate of drug-likeness (QED) is 0.127. The minimum atomic E-state index is -0.622. The normalized spacial score (nSPS) is 22.2. The van der Waals surface area contributed by atoms with Gasteiger partial charge in [-0.2, -0.15) is 5.10 Å². The summed E-state index contributed by atoms with van der Waals surface area (Å²) in [6, 6.07) is 28.6. The number of fused-ring (bicyclic) bond motifs is 5. The van der Waals surface area contributed by atoms with E-state index >= 15 is 0 Å². The Hall–Kier alpha value is -5.56. The maximum absolute atomic E-state index is 11.8. The molecule has 0 amide bonds. The maximum Gasteiger partial charge on any atom is 0.337 e. The van der Waals surface area contributed by atoms with Crippen molar-refractivity contribution in [2.45, 2.75) is 273 Å². The predicted molar refractivity (Wildman–Crippen MR) is 358 cm³/mol. The lowest BCUT2D eigenvalue weighted by Gasteiger charge is -2.48. The van der Waals surface area contributed by atoms with Gasteiger partial charge in [0.05, 0.1) is 31.4 Å². The number of ether oxygens (including phenoxy) is 3. The molecule has 0 saturated carbocycles. The average Bonchev–Trinajstić information content (AvgIpc) is 1.73. The molecule has 5 aliphatic rings. The SMILES string of the molecule is COC(=O)c1ccc(/C=C/c2cc3c(cc2Cn2cccn2)C(C)(C)C2OC(C)(C)O[C@H]2C3(C)C)cc1.Cc1cc2c(cc1C)C(C)(C)CCC2(C)C.Cc1cc2c(cc1C)C(C)(C)CCC2(C)C.Cc1cc2c(cc1C)C(C)(C)CCC2(C)C. The molecule has 6 heteroatoms. The van der Waals surface area contributed by atoms with Crippen LogP contribution in [0.5, 0.6) is 0 Å². The molecule has 6 aromatic rings. The van der Waals surface area contributed by atoms with E-state index in [1.165, 1.54) is 95.7 Å². The fourth-order valence-electron chi connectivity index (χ4n) is 14.2.